The molecular formula is C29H39ClN4O7S. The zero-order valence-corrected chi connectivity index (χ0v) is 26.2. The van der Waals surface area contributed by atoms with Gasteiger partial charge in [0.25, 0.3) is 10.0 Å². The van der Waals surface area contributed by atoms with Gasteiger partial charge in [-0.2, -0.15) is 0 Å². The molecule has 0 bridgehead atoms. The quantitative estimate of drug-likeness (QED) is 0.277. The highest BCUT2D eigenvalue weighted by Gasteiger charge is 2.47. The Morgan fingerprint density at radius 2 is 1.76 bits per heavy atom. The van der Waals surface area contributed by atoms with Crippen LogP contribution in [-0.4, -0.2) is 109 Å². The lowest BCUT2D eigenvalue weighted by atomic mass is 10.1. The maximum absolute atomic E-state index is 13.6. The molecule has 2 fully saturated rings. The Hall–Kier alpha value is -2.77. The number of carbonyl (C=O) groups excluding carboxylic acids is 3. The van der Waals surface area contributed by atoms with Crippen LogP contribution in [0.4, 0.5) is 0 Å². The average molecular weight is 623 g/mol. The Morgan fingerprint density at radius 1 is 1.10 bits per heavy atom. The van der Waals surface area contributed by atoms with E-state index in [-0.39, 0.29) is 36.3 Å². The van der Waals surface area contributed by atoms with Gasteiger partial charge in [0, 0.05) is 43.3 Å². The molecule has 0 saturated carbocycles. The molecule has 2 aromatic rings. The van der Waals surface area contributed by atoms with E-state index < -0.39 is 28.0 Å². The third-order valence-corrected chi connectivity index (χ3v) is 9.84. The number of ether oxygens (including phenoxy) is 1. The summed E-state index contributed by atoms with van der Waals surface area (Å²) in [5, 5.41) is 1.84. The smallest absolute Gasteiger partial charge is 0.314 e. The molecule has 2 amide bonds. The zero-order valence-electron chi connectivity index (χ0n) is 24.6. The number of nitrogens with zero attached hydrogens (tertiary/aromatic N) is 4. The second-order valence-corrected chi connectivity index (χ2v) is 13.5. The Bertz CT molecular complexity index is 1410. The number of morpholine rings is 1. The molecule has 230 valence electrons. The summed E-state index contributed by atoms with van der Waals surface area (Å²) >= 11 is 6.04. The number of sulfonamides is 1. The normalized spacial score (nSPS) is 20.8. The van der Waals surface area contributed by atoms with Gasteiger partial charge in [-0.15, -0.1) is 0 Å². The number of likely N-dealkylation sites (tertiary alicyclic amines) is 1. The van der Waals surface area contributed by atoms with Crippen LogP contribution in [0, 0.1) is 0 Å². The molecule has 0 N–H and O–H groups in total. The second-order valence-electron chi connectivity index (χ2n) is 11.3. The van der Waals surface area contributed by atoms with E-state index in [0.29, 0.717) is 53.2 Å². The van der Waals surface area contributed by atoms with Gasteiger partial charge in [0.05, 0.1) is 17.6 Å². The minimum Gasteiger partial charge on any atom is -0.373 e. The highest BCUT2D eigenvalue weighted by atomic mass is 35.5. The summed E-state index contributed by atoms with van der Waals surface area (Å²) < 4.78 is 33.6. The van der Waals surface area contributed by atoms with Crippen molar-refractivity contribution in [3.63, 3.8) is 0 Å². The summed E-state index contributed by atoms with van der Waals surface area (Å²) in [6, 6.07) is 7.90. The van der Waals surface area contributed by atoms with Crippen molar-refractivity contribution >= 4 is 50.7 Å². The van der Waals surface area contributed by atoms with E-state index in [1.165, 1.54) is 17.0 Å². The van der Waals surface area contributed by atoms with Gasteiger partial charge >= 0.3 is 6.47 Å². The van der Waals surface area contributed by atoms with E-state index in [2.05, 4.69) is 32.6 Å². The number of halogens is 1. The van der Waals surface area contributed by atoms with Crippen LogP contribution >= 0.6 is 11.6 Å². The van der Waals surface area contributed by atoms with Gasteiger partial charge < -0.3 is 19.4 Å². The molecule has 0 spiro atoms. The van der Waals surface area contributed by atoms with E-state index in [0.717, 1.165) is 5.39 Å². The standard InChI is InChI=1S/C29H39ClN4O7S/c1-19(2)33(20(3)4)17-25-16-31(12-13-40-25)28(36)21(5)32-11-10-27(29(32)37)34(41-18-35)42(38,39)26-9-7-22-14-24(30)8-6-23(22)15-26/h6-9,14-15,18-21,25,27H,10-13,16-17H2,1-5H3/t21-,25?,27-/m0/s1. The predicted molar refractivity (Wildman–Crippen MR) is 158 cm³/mol. The van der Waals surface area contributed by atoms with Crippen LogP contribution in [0.15, 0.2) is 41.3 Å². The minimum absolute atomic E-state index is 0.0195. The first-order valence-electron chi connectivity index (χ1n) is 14.2. The largest absolute Gasteiger partial charge is 0.373 e. The predicted octanol–water partition coefficient (Wildman–Crippen LogP) is 2.91. The van der Waals surface area contributed by atoms with Crippen LogP contribution in [0.25, 0.3) is 10.8 Å². The molecular weight excluding hydrogens is 584 g/mol. The van der Waals surface area contributed by atoms with Crippen LogP contribution < -0.4 is 0 Å². The molecule has 2 aromatic carbocycles. The van der Waals surface area contributed by atoms with Gasteiger partial charge in [0.1, 0.15) is 12.1 Å². The number of amides is 2. The first-order chi connectivity index (χ1) is 19.8. The Kier molecular flexibility index (Phi) is 10.1. The highest BCUT2D eigenvalue weighted by molar-refractivity contribution is 7.89. The Morgan fingerprint density at radius 3 is 2.43 bits per heavy atom. The van der Waals surface area contributed by atoms with Crippen LogP contribution in [0.1, 0.15) is 41.0 Å². The van der Waals surface area contributed by atoms with Gasteiger partial charge in [-0.1, -0.05) is 23.7 Å². The number of hydroxylamine groups is 1. The van der Waals surface area contributed by atoms with Crippen molar-refractivity contribution < 1.29 is 32.4 Å². The third kappa shape index (κ3) is 6.73. The zero-order chi connectivity index (χ0) is 30.8. The number of fused-ring (bicyclic) bond motifs is 1. The van der Waals surface area contributed by atoms with Crippen molar-refractivity contribution in [2.24, 2.45) is 0 Å². The second kappa shape index (κ2) is 13.3. The summed E-state index contributed by atoms with van der Waals surface area (Å²) in [6.45, 7) is 12.1. The third-order valence-electron chi connectivity index (χ3n) is 7.94. The number of benzene rings is 2. The first-order valence-corrected chi connectivity index (χ1v) is 16.0. The van der Waals surface area contributed by atoms with E-state index in [1.54, 1.807) is 36.1 Å². The van der Waals surface area contributed by atoms with Crippen molar-refractivity contribution in [3.8, 4) is 0 Å². The molecule has 11 nitrogen and oxygen atoms in total. The van der Waals surface area contributed by atoms with E-state index >= 15 is 0 Å². The number of rotatable bonds is 11. The lowest BCUT2D eigenvalue weighted by molar-refractivity contribution is -0.164. The van der Waals surface area contributed by atoms with Crippen molar-refractivity contribution in [2.75, 3.05) is 32.8 Å². The molecule has 3 atom stereocenters. The van der Waals surface area contributed by atoms with E-state index in [4.69, 9.17) is 21.2 Å². The summed E-state index contributed by atoms with van der Waals surface area (Å²) in [5.74, 6) is -0.846. The summed E-state index contributed by atoms with van der Waals surface area (Å²) in [5.41, 5.74) is 0. The van der Waals surface area contributed by atoms with Crippen molar-refractivity contribution in [2.45, 2.75) is 76.2 Å². The summed E-state index contributed by atoms with van der Waals surface area (Å²) in [6.07, 6.45) is -0.114. The summed E-state index contributed by atoms with van der Waals surface area (Å²) in [4.78, 5) is 48.6. The fourth-order valence-electron chi connectivity index (χ4n) is 5.75. The maximum atomic E-state index is 13.6. The Labute approximate surface area is 252 Å². The van der Waals surface area contributed by atoms with Gasteiger partial charge in [-0.25, -0.2) is 8.42 Å². The molecule has 2 saturated heterocycles. The molecule has 1 unspecified atom stereocenters. The number of carbonyl (C=O) groups is 3. The molecule has 0 radical (unpaired) electrons. The average Bonchev–Trinajstić information content (AvgIpc) is 3.33. The molecule has 4 rings (SSSR count). The van der Waals surface area contributed by atoms with Gasteiger partial charge in [-0.3, -0.25) is 19.3 Å². The monoisotopic (exact) mass is 622 g/mol. The summed E-state index contributed by atoms with van der Waals surface area (Å²) in [7, 11) is -4.42. The molecule has 42 heavy (non-hydrogen) atoms. The fraction of sp³-hybridized carbons (Fsp3) is 0.552. The fourth-order valence-corrected chi connectivity index (χ4v) is 7.33. The Balaban J connectivity index is 1.48. The van der Waals surface area contributed by atoms with Crippen LogP contribution in [0.3, 0.4) is 0 Å². The minimum atomic E-state index is -4.42. The number of hydrogen-bond donors (Lipinski definition) is 0. The molecule has 2 aliphatic heterocycles. The van der Waals surface area contributed by atoms with Gasteiger partial charge in [0.2, 0.25) is 11.8 Å². The topological polar surface area (TPSA) is 117 Å². The van der Waals surface area contributed by atoms with E-state index in [9.17, 15) is 22.8 Å². The molecule has 13 heteroatoms. The lowest BCUT2D eigenvalue weighted by Gasteiger charge is -2.40. The first kappa shape index (κ1) is 32.2. The highest BCUT2D eigenvalue weighted by Crippen LogP contribution is 2.29. The maximum Gasteiger partial charge on any atom is 0.314 e. The van der Waals surface area contributed by atoms with Crippen molar-refractivity contribution in [3.05, 3.63) is 41.4 Å². The van der Waals surface area contributed by atoms with Crippen molar-refractivity contribution in [1.29, 1.82) is 0 Å². The molecule has 0 aliphatic carbocycles. The molecule has 2 aliphatic rings. The van der Waals surface area contributed by atoms with Gasteiger partial charge in [0.15, 0.2) is 0 Å². The van der Waals surface area contributed by atoms with Crippen LogP contribution in [0.5, 0.6) is 0 Å². The number of hydrogen-bond acceptors (Lipinski definition) is 8. The SMILES string of the molecule is CC(C)N(CC1CN(C(=O)[C@H](C)N2CC[C@H](N(OC=O)S(=O)(=O)c3ccc4cc(Cl)ccc4c3)C2=O)CCO1)C(C)C. The van der Waals surface area contributed by atoms with Gasteiger partial charge in [-0.05, 0) is 80.5 Å². The molecule has 2 heterocycles. The van der Waals surface area contributed by atoms with Crippen LogP contribution in [-0.2, 0) is 34.0 Å². The lowest BCUT2D eigenvalue weighted by Crippen LogP contribution is -2.56. The van der Waals surface area contributed by atoms with E-state index in [1.807, 2.05) is 0 Å². The van der Waals surface area contributed by atoms with Crippen molar-refractivity contribution in [1.82, 2.24) is 19.2 Å². The molecule has 0 aromatic heterocycles. The van der Waals surface area contributed by atoms with Crippen LogP contribution in [0.2, 0.25) is 5.02 Å².